The zero-order valence-electron chi connectivity index (χ0n) is 9.27. The van der Waals surface area contributed by atoms with Crippen LogP contribution in [0, 0.1) is 23.7 Å². The lowest BCUT2D eigenvalue weighted by molar-refractivity contribution is -0.145. The van der Waals surface area contributed by atoms with E-state index in [1.807, 2.05) is 0 Å². The Morgan fingerprint density at radius 3 is 3.06 bits per heavy atom. The van der Waals surface area contributed by atoms with Gasteiger partial charge in [-0.25, -0.2) is 0 Å². The molecular weight excluding hydrogens is 286 g/mol. The van der Waals surface area contributed by atoms with Crippen molar-refractivity contribution in [3.63, 3.8) is 0 Å². The molecule has 0 unspecified atom stereocenters. The van der Waals surface area contributed by atoms with Crippen molar-refractivity contribution in [1.29, 1.82) is 0 Å². The molecule has 1 aliphatic heterocycles. The number of fused-ring (bicyclic) bond motifs is 1. The Kier molecular flexibility index (Phi) is 2.54. The fourth-order valence-electron chi connectivity index (χ4n) is 3.62. The summed E-state index contributed by atoms with van der Waals surface area (Å²) in [6.45, 7) is 4.02. The van der Waals surface area contributed by atoms with E-state index in [1.165, 1.54) is 0 Å². The molecule has 3 aliphatic rings. The lowest BCUT2D eigenvalue weighted by Crippen LogP contribution is -2.43. The molecule has 2 aliphatic carbocycles. The van der Waals surface area contributed by atoms with Crippen LogP contribution in [0.2, 0.25) is 0 Å². The number of hydrogen-bond donors (Lipinski definition) is 1. The smallest absolute Gasteiger partial charge is 0.310 e. The summed E-state index contributed by atoms with van der Waals surface area (Å²) in [7, 11) is 0. The van der Waals surface area contributed by atoms with Crippen LogP contribution >= 0.6 is 15.9 Å². The number of carbonyl (C=O) groups is 2. The van der Waals surface area contributed by atoms with Gasteiger partial charge in [0.15, 0.2) is 0 Å². The molecule has 0 aromatic heterocycles. The molecule has 1 heterocycles. The van der Waals surface area contributed by atoms with Crippen LogP contribution in [0.3, 0.4) is 0 Å². The van der Waals surface area contributed by atoms with E-state index in [-0.39, 0.29) is 46.5 Å². The second kappa shape index (κ2) is 3.83. The molecule has 1 N–H and O–H groups in total. The Labute approximate surface area is 108 Å². The van der Waals surface area contributed by atoms with Crippen molar-refractivity contribution in [1.82, 2.24) is 5.32 Å². The summed E-state index contributed by atoms with van der Waals surface area (Å²) >= 11 is 3.58. The highest BCUT2D eigenvalue weighted by Crippen LogP contribution is 2.59. The minimum absolute atomic E-state index is 0.0130. The molecular formula is C12H14BrNO3. The molecule has 0 aromatic carbocycles. The molecule has 1 saturated heterocycles. The van der Waals surface area contributed by atoms with Gasteiger partial charge in [0.2, 0.25) is 5.91 Å². The highest BCUT2D eigenvalue weighted by Gasteiger charge is 2.67. The molecule has 0 aromatic rings. The lowest BCUT2D eigenvalue weighted by Gasteiger charge is -2.27. The van der Waals surface area contributed by atoms with Crippen molar-refractivity contribution >= 4 is 27.8 Å². The van der Waals surface area contributed by atoms with Crippen LogP contribution in [0.5, 0.6) is 0 Å². The van der Waals surface area contributed by atoms with Crippen molar-refractivity contribution in [2.75, 3.05) is 6.54 Å². The first-order valence-electron chi connectivity index (χ1n) is 5.88. The van der Waals surface area contributed by atoms with Crippen LogP contribution in [0.4, 0.5) is 0 Å². The number of ether oxygens (including phenoxy) is 1. The first-order valence-corrected chi connectivity index (χ1v) is 6.80. The summed E-state index contributed by atoms with van der Waals surface area (Å²) in [5, 5.41) is 2.80. The monoisotopic (exact) mass is 299 g/mol. The van der Waals surface area contributed by atoms with Gasteiger partial charge in [-0.1, -0.05) is 22.0 Å². The van der Waals surface area contributed by atoms with E-state index in [4.69, 9.17) is 4.74 Å². The van der Waals surface area contributed by atoms with E-state index in [1.54, 1.807) is 6.08 Å². The summed E-state index contributed by atoms with van der Waals surface area (Å²) in [6.07, 6.45) is 2.55. The largest absolute Gasteiger partial charge is 0.461 e. The van der Waals surface area contributed by atoms with E-state index < -0.39 is 0 Å². The molecule has 5 heteroatoms. The van der Waals surface area contributed by atoms with Crippen molar-refractivity contribution in [2.45, 2.75) is 17.4 Å². The zero-order valence-corrected chi connectivity index (χ0v) is 10.9. The van der Waals surface area contributed by atoms with Crippen LogP contribution in [-0.4, -0.2) is 29.4 Å². The topological polar surface area (TPSA) is 55.4 Å². The minimum Gasteiger partial charge on any atom is -0.461 e. The predicted molar refractivity (Wildman–Crippen MR) is 64.4 cm³/mol. The van der Waals surface area contributed by atoms with Crippen molar-refractivity contribution in [3.05, 3.63) is 12.7 Å². The maximum Gasteiger partial charge on any atom is 0.310 e. The third kappa shape index (κ3) is 1.41. The average molecular weight is 300 g/mol. The van der Waals surface area contributed by atoms with Gasteiger partial charge < -0.3 is 10.1 Å². The maximum atomic E-state index is 12.1. The van der Waals surface area contributed by atoms with Gasteiger partial charge in [0.25, 0.3) is 0 Å². The van der Waals surface area contributed by atoms with E-state index in [2.05, 4.69) is 27.8 Å². The summed E-state index contributed by atoms with van der Waals surface area (Å²) in [6, 6.07) is 0. The van der Waals surface area contributed by atoms with Crippen LogP contribution in [0.25, 0.3) is 0 Å². The van der Waals surface area contributed by atoms with Gasteiger partial charge in [0.1, 0.15) is 6.10 Å². The van der Waals surface area contributed by atoms with E-state index >= 15 is 0 Å². The third-order valence-corrected chi connectivity index (χ3v) is 5.45. The van der Waals surface area contributed by atoms with Crippen LogP contribution in [0.15, 0.2) is 12.7 Å². The van der Waals surface area contributed by atoms with Crippen LogP contribution < -0.4 is 5.32 Å². The molecule has 17 heavy (non-hydrogen) atoms. The highest BCUT2D eigenvalue weighted by molar-refractivity contribution is 9.09. The molecule has 1 amide bonds. The molecule has 6 atom stereocenters. The summed E-state index contributed by atoms with van der Waals surface area (Å²) in [5.41, 5.74) is 0. The Morgan fingerprint density at radius 1 is 1.59 bits per heavy atom. The molecule has 0 spiro atoms. The first-order chi connectivity index (χ1) is 8.15. The van der Waals surface area contributed by atoms with Crippen molar-refractivity contribution in [3.8, 4) is 0 Å². The Bertz CT molecular complexity index is 397. The molecule has 2 bridgehead atoms. The number of esters is 1. The van der Waals surface area contributed by atoms with Gasteiger partial charge in [-0.05, 0) is 12.3 Å². The molecule has 92 valence electrons. The van der Waals surface area contributed by atoms with Gasteiger partial charge in [-0.15, -0.1) is 6.58 Å². The number of amides is 1. The quantitative estimate of drug-likeness (QED) is 0.478. The highest BCUT2D eigenvalue weighted by atomic mass is 79.9. The SMILES string of the molecule is C=CCNC(=O)[C@@H]1[C@H]2C[C@H]3[C@H](OC(=O)[C@H]31)[C@@H]2Br. The predicted octanol–water partition coefficient (Wildman–Crippen LogP) is 0.860. The van der Waals surface area contributed by atoms with Crippen molar-refractivity contribution < 1.29 is 14.3 Å². The molecule has 3 fully saturated rings. The number of carbonyl (C=O) groups excluding carboxylic acids is 2. The molecule has 4 nitrogen and oxygen atoms in total. The number of rotatable bonds is 3. The molecule has 2 saturated carbocycles. The zero-order chi connectivity index (χ0) is 12.2. The van der Waals surface area contributed by atoms with Crippen molar-refractivity contribution in [2.24, 2.45) is 23.7 Å². The second-order valence-corrected chi connectivity index (χ2v) is 6.05. The summed E-state index contributed by atoms with van der Waals surface area (Å²) in [4.78, 5) is 24.0. The minimum atomic E-state index is -0.226. The number of nitrogens with one attached hydrogen (secondary N) is 1. The van der Waals surface area contributed by atoms with Gasteiger partial charge >= 0.3 is 5.97 Å². The van der Waals surface area contributed by atoms with Gasteiger partial charge in [0.05, 0.1) is 16.7 Å². The van der Waals surface area contributed by atoms with E-state index in [0.717, 1.165) is 6.42 Å². The standard InChI is InChI=1S/C12H14BrNO3/c1-2-3-14-11(15)7-5-4-6-8(7)12(16)17-10(6)9(5)13/h2,5-10H,1,3-4H2,(H,14,15)/t5-,6-,7-,8-,9-,10+/m1/s1. The number of hydrogen-bond acceptors (Lipinski definition) is 3. The summed E-state index contributed by atoms with van der Waals surface area (Å²) in [5.74, 6) is -0.214. The van der Waals surface area contributed by atoms with Crippen LogP contribution in [-0.2, 0) is 14.3 Å². The summed E-state index contributed by atoms with van der Waals surface area (Å²) < 4.78 is 5.35. The Hall–Kier alpha value is -0.840. The Morgan fingerprint density at radius 2 is 2.35 bits per heavy atom. The maximum absolute atomic E-state index is 12.1. The van der Waals surface area contributed by atoms with Gasteiger partial charge in [0, 0.05) is 12.5 Å². The fourth-order valence-corrected chi connectivity index (χ4v) is 4.67. The molecule has 3 rings (SSSR count). The third-order valence-electron chi connectivity index (χ3n) is 4.25. The van der Waals surface area contributed by atoms with Crippen LogP contribution in [0.1, 0.15) is 6.42 Å². The lowest BCUT2D eigenvalue weighted by atomic mass is 9.79. The van der Waals surface area contributed by atoms with E-state index in [0.29, 0.717) is 6.54 Å². The first kappa shape index (κ1) is 11.3. The van der Waals surface area contributed by atoms with Gasteiger partial charge in [-0.2, -0.15) is 0 Å². The normalized spacial score (nSPS) is 45.8. The Balaban J connectivity index is 1.84. The molecule has 0 radical (unpaired) electrons. The fraction of sp³-hybridized carbons (Fsp3) is 0.667. The number of halogens is 1. The second-order valence-electron chi connectivity index (χ2n) is 4.99. The van der Waals surface area contributed by atoms with E-state index in [9.17, 15) is 9.59 Å². The average Bonchev–Trinajstić information content (AvgIpc) is 2.89. The van der Waals surface area contributed by atoms with Gasteiger partial charge in [-0.3, -0.25) is 9.59 Å². The number of alkyl halides is 1.